The Morgan fingerprint density at radius 3 is 1.97 bits per heavy atom. The van der Waals surface area contributed by atoms with E-state index >= 15 is 0 Å². The third kappa shape index (κ3) is 4.72. The number of methoxy groups -OCH3 is 2. The Bertz CT molecular complexity index is 1050. The van der Waals surface area contributed by atoms with Crippen LogP contribution in [0.2, 0.25) is 0 Å². The normalized spacial score (nSPS) is 16.5. The average Bonchev–Trinajstić information content (AvgIpc) is 2.73. The summed E-state index contributed by atoms with van der Waals surface area (Å²) >= 11 is 0. The lowest BCUT2D eigenvalue weighted by Gasteiger charge is -2.33. The van der Waals surface area contributed by atoms with E-state index < -0.39 is 20.0 Å². The molecule has 0 bridgehead atoms. The van der Waals surface area contributed by atoms with Gasteiger partial charge < -0.3 is 9.47 Å². The second-order valence-electron chi connectivity index (χ2n) is 6.56. The van der Waals surface area contributed by atoms with Crippen LogP contribution in [0.5, 0.6) is 11.5 Å². The summed E-state index contributed by atoms with van der Waals surface area (Å²) in [5, 5.41) is 0. The number of sulfonamides is 2. The van der Waals surface area contributed by atoms with E-state index in [1.54, 1.807) is 24.3 Å². The SMILES string of the molecule is COc1ccc(S(=O)(=O)N2CCN(S(=O)(=O)Cc3ccccc3)CC2)cc1OC. The van der Waals surface area contributed by atoms with Gasteiger partial charge >= 0.3 is 0 Å². The lowest BCUT2D eigenvalue weighted by Crippen LogP contribution is -2.50. The summed E-state index contributed by atoms with van der Waals surface area (Å²) < 4.78 is 64.2. The molecule has 2 aromatic carbocycles. The van der Waals surface area contributed by atoms with Gasteiger partial charge in [0.2, 0.25) is 20.0 Å². The highest BCUT2D eigenvalue weighted by atomic mass is 32.2. The lowest BCUT2D eigenvalue weighted by atomic mass is 10.2. The molecule has 0 aliphatic carbocycles. The quantitative estimate of drug-likeness (QED) is 0.648. The third-order valence-corrected chi connectivity index (χ3v) is 8.52. The van der Waals surface area contributed by atoms with Gasteiger partial charge in [0.1, 0.15) is 0 Å². The van der Waals surface area contributed by atoms with Crippen LogP contribution in [0, 0.1) is 0 Å². The molecular weight excluding hydrogens is 416 g/mol. The Morgan fingerprint density at radius 2 is 1.38 bits per heavy atom. The highest BCUT2D eigenvalue weighted by Gasteiger charge is 2.33. The zero-order valence-electron chi connectivity index (χ0n) is 16.3. The van der Waals surface area contributed by atoms with Crippen molar-refractivity contribution < 1.29 is 26.3 Å². The fourth-order valence-corrected chi connectivity index (χ4v) is 6.14. The zero-order valence-corrected chi connectivity index (χ0v) is 17.9. The molecule has 3 rings (SSSR count). The van der Waals surface area contributed by atoms with Crippen molar-refractivity contribution in [2.75, 3.05) is 40.4 Å². The maximum atomic E-state index is 13.0. The second kappa shape index (κ2) is 8.70. The molecule has 29 heavy (non-hydrogen) atoms. The minimum Gasteiger partial charge on any atom is -0.493 e. The van der Waals surface area contributed by atoms with E-state index in [1.165, 1.54) is 41.0 Å². The summed E-state index contributed by atoms with van der Waals surface area (Å²) in [6.45, 7) is 0.402. The second-order valence-corrected chi connectivity index (χ2v) is 10.5. The summed E-state index contributed by atoms with van der Waals surface area (Å²) in [5.41, 5.74) is 0.702. The molecule has 0 amide bonds. The first-order chi connectivity index (χ1) is 13.8. The van der Waals surface area contributed by atoms with E-state index in [9.17, 15) is 16.8 Å². The average molecular weight is 441 g/mol. The lowest BCUT2D eigenvalue weighted by molar-refractivity contribution is 0.272. The molecule has 0 aromatic heterocycles. The van der Waals surface area contributed by atoms with Gasteiger partial charge in [-0.15, -0.1) is 0 Å². The number of hydrogen-bond acceptors (Lipinski definition) is 6. The Morgan fingerprint density at radius 1 is 0.793 bits per heavy atom. The molecule has 0 N–H and O–H groups in total. The zero-order chi connectivity index (χ0) is 21.1. The summed E-state index contributed by atoms with van der Waals surface area (Å²) in [6.07, 6.45) is 0. The van der Waals surface area contributed by atoms with Gasteiger partial charge in [-0.05, 0) is 17.7 Å². The third-order valence-electron chi connectivity index (χ3n) is 4.78. The van der Waals surface area contributed by atoms with Crippen molar-refractivity contribution in [3.63, 3.8) is 0 Å². The predicted molar refractivity (Wildman–Crippen MR) is 109 cm³/mol. The Balaban J connectivity index is 1.71. The Kier molecular flexibility index (Phi) is 6.47. The number of rotatable bonds is 7. The molecule has 1 aliphatic heterocycles. The summed E-state index contributed by atoms with van der Waals surface area (Å²) in [6, 6.07) is 13.3. The van der Waals surface area contributed by atoms with Gasteiger partial charge in [0.25, 0.3) is 0 Å². The standard InChI is InChI=1S/C19H24N2O6S2/c1-26-18-9-8-17(14-19(18)27-2)29(24,25)21-12-10-20(11-13-21)28(22,23)15-16-6-4-3-5-7-16/h3-9,14H,10-13,15H2,1-2H3. The van der Waals surface area contributed by atoms with E-state index in [1.807, 2.05) is 6.07 Å². The number of benzene rings is 2. The molecule has 0 radical (unpaired) electrons. The molecule has 2 aromatic rings. The van der Waals surface area contributed by atoms with Crippen molar-refractivity contribution in [3.05, 3.63) is 54.1 Å². The van der Waals surface area contributed by atoms with Crippen LogP contribution in [0.15, 0.2) is 53.4 Å². The smallest absolute Gasteiger partial charge is 0.243 e. The van der Waals surface area contributed by atoms with E-state index in [0.717, 1.165) is 0 Å². The van der Waals surface area contributed by atoms with Crippen molar-refractivity contribution in [2.24, 2.45) is 0 Å². The van der Waals surface area contributed by atoms with Gasteiger partial charge in [-0.25, -0.2) is 16.8 Å². The minimum absolute atomic E-state index is 0.0794. The number of nitrogens with zero attached hydrogens (tertiary/aromatic N) is 2. The number of ether oxygens (including phenoxy) is 2. The molecule has 1 aliphatic rings. The van der Waals surface area contributed by atoms with Crippen LogP contribution < -0.4 is 9.47 Å². The Hall–Kier alpha value is -2.14. The van der Waals surface area contributed by atoms with Gasteiger partial charge in [0, 0.05) is 32.2 Å². The van der Waals surface area contributed by atoms with Crippen LogP contribution in [0.1, 0.15) is 5.56 Å². The molecule has 1 heterocycles. The largest absolute Gasteiger partial charge is 0.493 e. The summed E-state index contributed by atoms with van der Waals surface area (Å²) in [5.74, 6) is 0.650. The molecule has 0 saturated carbocycles. The molecule has 10 heteroatoms. The monoisotopic (exact) mass is 440 g/mol. The van der Waals surface area contributed by atoms with Crippen molar-refractivity contribution in [1.29, 1.82) is 0 Å². The first-order valence-electron chi connectivity index (χ1n) is 9.02. The maximum absolute atomic E-state index is 13.0. The van der Waals surface area contributed by atoms with Gasteiger partial charge in [0.05, 0.1) is 24.9 Å². The van der Waals surface area contributed by atoms with Crippen molar-refractivity contribution in [1.82, 2.24) is 8.61 Å². The van der Waals surface area contributed by atoms with Crippen molar-refractivity contribution in [2.45, 2.75) is 10.6 Å². The van der Waals surface area contributed by atoms with Gasteiger partial charge in [-0.3, -0.25) is 0 Å². The first kappa shape index (κ1) is 21.6. The molecule has 1 saturated heterocycles. The topological polar surface area (TPSA) is 93.2 Å². The van der Waals surface area contributed by atoms with E-state index in [-0.39, 0.29) is 36.8 Å². The van der Waals surface area contributed by atoms with Crippen LogP contribution >= 0.6 is 0 Å². The molecule has 0 unspecified atom stereocenters. The van der Waals surface area contributed by atoms with Crippen LogP contribution in [-0.4, -0.2) is 65.8 Å². The molecule has 158 valence electrons. The predicted octanol–water partition coefficient (Wildman–Crippen LogP) is 1.54. The molecule has 0 atom stereocenters. The molecule has 1 fully saturated rings. The highest BCUT2D eigenvalue weighted by molar-refractivity contribution is 7.89. The summed E-state index contributed by atoms with van der Waals surface area (Å²) in [4.78, 5) is 0.0794. The highest BCUT2D eigenvalue weighted by Crippen LogP contribution is 2.31. The first-order valence-corrected chi connectivity index (χ1v) is 12.1. The van der Waals surface area contributed by atoms with Crippen molar-refractivity contribution >= 4 is 20.0 Å². The van der Waals surface area contributed by atoms with E-state index in [0.29, 0.717) is 17.1 Å². The van der Waals surface area contributed by atoms with E-state index in [4.69, 9.17) is 9.47 Å². The van der Waals surface area contributed by atoms with E-state index in [2.05, 4.69) is 0 Å². The maximum Gasteiger partial charge on any atom is 0.243 e. The molecular formula is C19H24N2O6S2. The molecule has 0 spiro atoms. The van der Waals surface area contributed by atoms with Gasteiger partial charge in [0.15, 0.2) is 11.5 Å². The van der Waals surface area contributed by atoms with Gasteiger partial charge in [-0.2, -0.15) is 8.61 Å². The summed E-state index contributed by atoms with van der Waals surface area (Å²) in [7, 11) is -4.38. The Labute approximate surface area is 171 Å². The molecule has 8 nitrogen and oxygen atoms in total. The fraction of sp³-hybridized carbons (Fsp3) is 0.368. The van der Waals surface area contributed by atoms with Gasteiger partial charge in [-0.1, -0.05) is 30.3 Å². The number of hydrogen-bond donors (Lipinski definition) is 0. The van der Waals surface area contributed by atoms with Crippen LogP contribution in [0.3, 0.4) is 0 Å². The van der Waals surface area contributed by atoms with Crippen molar-refractivity contribution in [3.8, 4) is 11.5 Å². The fourth-order valence-electron chi connectivity index (χ4n) is 3.19. The number of piperazine rings is 1. The van der Waals surface area contributed by atoms with Crippen LogP contribution in [-0.2, 0) is 25.8 Å². The minimum atomic E-state index is -3.77. The van der Waals surface area contributed by atoms with Crippen LogP contribution in [0.4, 0.5) is 0 Å². The van der Waals surface area contributed by atoms with Crippen LogP contribution in [0.25, 0.3) is 0 Å².